The van der Waals surface area contributed by atoms with E-state index in [9.17, 15) is 22.8 Å². The van der Waals surface area contributed by atoms with Crippen LogP contribution in [-0.4, -0.2) is 25.7 Å². The second kappa shape index (κ2) is 10.8. The molecule has 9 heteroatoms. The number of nitrogens with one attached hydrogen (secondary N) is 1. The van der Waals surface area contributed by atoms with Crippen molar-refractivity contribution < 1.29 is 32.2 Å². The molecule has 0 bridgehead atoms. The number of carbonyl (C=O) groups excluding carboxylic acids is 2. The van der Waals surface area contributed by atoms with E-state index in [2.05, 4.69) is 5.32 Å². The third-order valence-electron chi connectivity index (χ3n) is 5.84. The molecule has 0 radical (unpaired) electrons. The quantitative estimate of drug-likeness (QED) is 0.448. The highest BCUT2D eigenvalue weighted by Crippen LogP contribution is 2.42. The molecule has 2 aromatic rings. The van der Waals surface area contributed by atoms with Crippen LogP contribution in [0.25, 0.3) is 11.1 Å². The van der Waals surface area contributed by atoms with Crippen LogP contribution in [0, 0.1) is 5.92 Å². The molecule has 184 valence electrons. The van der Waals surface area contributed by atoms with E-state index < -0.39 is 29.8 Å². The highest BCUT2D eigenvalue weighted by atomic mass is 19.4. The predicted molar refractivity (Wildman–Crippen MR) is 121 cm³/mol. The van der Waals surface area contributed by atoms with Crippen molar-refractivity contribution in [3.63, 3.8) is 0 Å². The van der Waals surface area contributed by atoms with Gasteiger partial charge < -0.3 is 20.5 Å². The summed E-state index contributed by atoms with van der Waals surface area (Å²) in [5.74, 6) is 0.520. The Balaban J connectivity index is 2.12. The first-order chi connectivity index (χ1) is 16.1. The van der Waals surface area contributed by atoms with Crippen LogP contribution in [0.2, 0.25) is 0 Å². The summed E-state index contributed by atoms with van der Waals surface area (Å²) in [5.41, 5.74) is 6.45. The van der Waals surface area contributed by atoms with Gasteiger partial charge in [-0.1, -0.05) is 25.0 Å². The number of halogens is 3. The Morgan fingerprint density at radius 2 is 1.88 bits per heavy atom. The minimum absolute atomic E-state index is 0.00540. The summed E-state index contributed by atoms with van der Waals surface area (Å²) in [6.07, 6.45) is -1.19. The van der Waals surface area contributed by atoms with Crippen LogP contribution in [0.5, 0.6) is 5.75 Å². The molecule has 2 aromatic carbocycles. The minimum Gasteiger partial charge on any atom is -0.496 e. The predicted octanol–water partition coefficient (Wildman–Crippen LogP) is 5.39. The van der Waals surface area contributed by atoms with Crippen molar-refractivity contribution >= 4 is 12.0 Å². The summed E-state index contributed by atoms with van der Waals surface area (Å²) in [5, 5.41) is 2.63. The Morgan fingerprint density at radius 3 is 2.47 bits per heavy atom. The highest BCUT2D eigenvalue weighted by molar-refractivity contribution is 5.79. The Hall–Kier alpha value is -3.23. The average Bonchev–Trinajstić information content (AvgIpc) is 3.60. The maximum absolute atomic E-state index is 13.6. The number of primary amides is 1. The van der Waals surface area contributed by atoms with E-state index in [1.165, 1.54) is 13.2 Å². The number of carbonyl (C=O) groups is 2. The van der Waals surface area contributed by atoms with Gasteiger partial charge in [0.25, 0.3) is 0 Å². The first kappa shape index (κ1) is 25.4. The molecular weight excluding hydrogens is 449 g/mol. The number of amides is 2. The van der Waals surface area contributed by atoms with Crippen molar-refractivity contribution in [2.75, 3.05) is 13.7 Å². The molecular formula is C25H29F3N2O4. The lowest BCUT2D eigenvalue weighted by atomic mass is 9.89. The third-order valence-corrected chi connectivity index (χ3v) is 5.84. The van der Waals surface area contributed by atoms with Gasteiger partial charge in [-0.3, -0.25) is 4.79 Å². The number of urea groups is 1. The lowest BCUT2D eigenvalue weighted by Gasteiger charge is -2.24. The average molecular weight is 479 g/mol. The largest absolute Gasteiger partial charge is 0.496 e. The van der Waals surface area contributed by atoms with Gasteiger partial charge in [-0.25, -0.2) is 4.79 Å². The number of alkyl halides is 3. The smallest absolute Gasteiger partial charge is 0.416 e. The molecule has 2 amide bonds. The van der Waals surface area contributed by atoms with Crippen LogP contribution in [-0.2, 0) is 22.1 Å². The number of esters is 1. The van der Waals surface area contributed by atoms with Crippen molar-refractivity contribution in [2.45, 2.75) is 51.2 Å². The van der Waals surface area contributed by atoms with Crippen LogP contribution in [0.15, 0.2) is 36.4 Å². The zero-order chi connectivity index (χ0) is 24.9. The molecule has 34 heavy (non-hydrogen) atoms. The van der Waals surface area contributed by atoms with E-state index in [-0.39, 0.29) is 13.0 Å². The van der Waals surface area contributed by atoms with E-state index in [0.717, 1.165) is 31.4 Å². The molecule has 0 spiro atoms. The number of benzene rings is 2. The number of nitrogens with two attached hydrogens (primary N) is 1. The van der Waals surface area contributed by atoms with Crippen LogP contribution >= 0.6 is 0 Å². The van der Waals surface area contributed by atoms with Gasteiger partial charge in [-0.15, -0.1) is 0 Å². The summed E-state index contributed by atoms with van der Waals surface area (Å²) in [7, 11) is 1.46. The maximum Gasteiger partial charge on any atom is 0.416 e. The molecule has 1 unspecified atom stereocenters. The zero-order valence-electron chi connectivity index (χ0n) is 19.2. The van der Waals surface area contributed by atoms with Crippen molar-refractivity contribution in [2.24, 2.45) is 11.7 Å². The van der Waals surface area contributed by atoms with Gasteiger partial charge in [0.05, 0.1) is 31.7 Å². The van der Waals surface area contributed by atoms with E-state index in [1.54, 1.807) is 25.1 Å². The van der Waals surface area contributed by atoms with Crippen LogP contribution in [0.4, 0.5) is 18.0 Å². The topological polar surface area (TPSA) is 90.7 Å². The molecule has 1 saturated carbocycles. The zero-order valence-corrected chi connectivity index (χ0v) is 19.2. The SMILES string of the molecule is CCOC(=O)Cc1ccc(OC)c(-c2ccc(C(F)(F)F)cc2C(CCC2CC2)NC(N)=O)c1. The molecule has 1 atom stereocenters. The third kappa shape index (κ3) is 6.65. The molecule has 6 nitrogen and oxygen atoms in total. The minimum atomic E-state index is -4.56. The molecule has 1 fully saturated rings. The first-order valence-electron chi connectivity index (χ1n) is 11.2. The van der Waals surface area contributed by atoms with Crippen LogP contribution < -0.4 is 15.8 Å². The van der Waals surface area contributed by atoms with Gasteiger partial charge in [0.1, 0.15) is 5.75 Å². The lowest BCUT2D eigenvalue weighted by Crippen LogP contribution is -2.33. The molecule has 0 saturated heterocycles. The summed E-state index contributed by atoms with van der Waals surface area (Å²) in [6, 6.07) is 6.96. The summed E-state index contributed by atoms with van der Waals surface area (Å²) >= 11 is 0. The number of hydrogen-bond donors (Lipinski definition) is 2. The van der Waals surface area contributed by atoms with E-state index in [0.29, 0.717) is 40.3 Å². The Bertz CT molecular complexity index is 1040. The lowest BCUT2D eigenvalue weighted by molar-refractivity contribution is -0.142. The summed E-state index contributed by atoms with van der Waals surface area (Å²) < 4.78 is 51.3. The van der Waals surface area contributed by atoms with E-state index in [4.69, 9.17) is 15.2 Å². The normalized spacial score (nSPS) is 14.4. The standard InChI is InChI=1S/C25H29F3N2O4/c1-3-34-23(31)13-16-7-11-22(33-2)20(12-16)18-9-8-17(25(26,27)28)14-19(18)21(30-24(29)32)10-6-15-4-5-15/h7-9,11-12,14-15,21H,3-6,10,13H2,1-2H3,(H3,29,30,32). The fourth-order valence-electron chi connectivity index (χ4n) is 4.01. The van der Waals surface area contributed by atoms with Gasteiger partial charge in [0.15, 0.2) is 0 Å². The Labute approximate surface area is 196 Å². The van der Waals surface area contributed by atoms with Crippen molar-refractivity contribution in [1.82, 2.24) is 5.32 Å². The monoisotopic (exact) mass is 478 g/mol. The van der Waals surface area contributed by atoms with Gasteiger partial charge in [0, 0.05) is 5.56 Å². The highest BCUT2D eigenvalue weighted by Gasteiger charge is 2.33. The van der Waals surface area contributed by atoms with E-state index >= 15 is 0 Å². The molecule has 3 N–H and O–H groups in total. The fourth-order valence-corrected chi connectivity index (χ4v) is 4.01. The molecule has 0 aromatic heterocycles. The Kier molecular flexibility index (Phi) is 8.06. The number of hydrogen-bond acceptors (Lipinski definition) is 4. The molecule has 3 rings (SSSR count). The fraction of sp³-hybridized carbons (Fsp3) is 0.440. The number of rotatable bonds is 10. The first-order valence-corrected chi connectivity index (χ1v) is 11.2. The van der Waals surface area contributed by atoms with Crippen LogP contribution in [0.1, 0.15) is 55.3 Å². The van der Waals surface area contributed by atoms with Gasteiger partial charge >= 0.3 is 18.2 Å². The second-order valence-corrected chi connectivity index (χ2v) is 8.40. The van der Waals surface area contributed by atoms with Crippen LogP contribution in [0.3, 0.4) is 0 Å². The van der Waals surface area contributed by atoms with Gasteiger partial charge in [-0.2, -0.15) is 13.2 Å². The molecule has 1 aliphatic rings. The summed E-state index contributed by atoms with van der Waals surface area (Å²) in [6.45, 7) is 1.95. The van der Waals surface area contributed by atoms with Crippen molar-refractivity contribution in [1.29, 1.82) is 0 Å². The van der Waals surface area contributed by atoms with Gasteiger partial charge in [0.2, 0.25) is 0 Å². The Morgan fingerprint density at radius 1 is 1.15 bits per heavy atom. The number of methoxy groups -OCH3 is 1. The van der Waals surface area contributed by atoms with Gasteiger partial charge in [-0.05, 0) is 66.6 Å². The van der Waals surface area contributed by atoms with Crippen molar-refractivity contribution in [3.05, 3.63) is 53.1 Å². The van der Waals surface area contributed by atoms with E-state index in [1.807, 2.05) is 0 Å². The molecule has 0 heterocycles. The second-order valence-electron chi connectivity index (χ2n) is 8.40. The molecule has 0 aliphatic heterocycles. The van der Waals surface area contributed by atoms with Crippen molar-refractivity contribution in [3.8, 4) is 16.9 Å². The number of ether oxygens (including phenoxy) is 2. The summed E-state index contributed by atoms with van der Waals surface area (Å²) in [4.78, 5) is 23.7. The maximum atomic E-state index is 13.6. The molecule has 1 aliphatic carbocycles.